The number of nitrogens with zero attached hydrogens (tertiary/aromatic N) is 1. The summed E-state index contributed by atoms with van der Waals surface area (Å²) in [5.41, 5.74) is -0.466. The Morgan fingerprint density at radius 1 is 1.38 bits per heavy atom. The van der Waals surface area contributed by atoms with E-state index in [-0.39, 0.29) is 18.2 Å². The van der Waals surface area contributed by atoms with Crippen LogP contribution in [0.4, 0.5) is 4.79 Å². The maximum atomic E-state index is 12.1. The average Bonchev–Trinajstić information content (AvgIpc) is 3.03. The molecule has 0 spiro atoms. The van der Waals surface area contributed by atoms with Crippen molar-refractivity contribution in [2.45, 2.75) is 44.9 Å². The molecule has 21 heavy (non-hydrogen) atoms. The number of hydrogen-bond acceptors (Lipinski definition) is 5. The molecule has 2 rings (SSSR count). The lowest BCUT2D eigenvalue weighted by Crippen LogP contribution is -2.42. The molecule has 122 valence electrons. The summed E-state index contributed by atoms with van der Waals surface area (Å²) in [6.07, 6.45) is 0.852. The summed E-state index contributed by atoms with van der Waals surface area (Å²) in [5, 5.41) is 3.52. The topological polar surface area (TPSA) is 60.0 Å². The van der Waals surface area contributed by atoms with Crippen molar-refractivity contribution >= 4 is 6.09 Å². The van der Waals surface area contributed by atoms with Crippen LogP contribution in [0.5, 0.6) is 0 Å². The summed E-state index contributed by atoms with van der Waals surface area (Å²) in [6, 6.07) is 0.156. The number of carbonyl (C=O) groups is 1. The van der Waals surface area contributed by atoms with Crippen LogP contribution in [0.2, 0.25) is 0 Å². The van der Waals surface area contributed by atoms with Gasteiger partial charge in [-0.15, -0.1) is 0 Å². The lowest BCUT2D eigenvalue weighted by Gasteiger charge is -2.24. The van der Waals surface area contributed by atoms with Crippen LogP contribution in [0.25, 0.3) is 0 Å². The van der Waals surface area contributed by atoms with E-state index < -0.39 is 5.60 Å². The summed E-state index contributed by atoms with van der Waals surface area (Å²) >= 11 is 0. The Morgan fingerprint density at radius 2 is 2.14 bits per heavy atom. The molecule has 0 bridgehead atoms. The fraction of sp³-hybridized carbons (Fsp3) is 0.933. The normalized spacial score (nSPS) is 29.9. The highest BCUT2D eigenvalue weighted by molar-refractivity contribution is 5.68. The van der Waals surface area contributed by atoms with Gasteiger partial charge in [-0.2, -0.15) is 0 Å². The van der Waals surface area contributed by atoms with Gasteiger partial charge < -0.3 is 24.4 Å². The molecule has 6 heteroatoms. The molecule has 2 unspecified atom stereocenters. The highest BCUT2D eigenvalue weighted by Gasteiger charge is 2.37. The number of methoxy groups -OCH3 is 1. The second-order valence-electron chi connectivity index (χ2n) is 6.90. The third-order valence-corrected chi connectivity index (χ3v) is 3.91. The van der Waals surface area contributed by atoms with Gasteiger partial charge in [0.05, 0.1) is 25.3 Å². The molecule has 2 aliphatic rings. The summed E-state index contributed by atoms with van der Waals surface area (Å²) < 4.78 is 16.3. The minimum atomic E-state index is -0.466. The van der Waals surface area contributed by atoms with Crippen LogP contribution in [-0.4, -0.2) is 68.7 Å². The zero-order valence-electron chi connectivity index (χ0n) is 13.6. The Balaban J connectivity index is 1.83. The molecular weight excluding hydrogens is 272 g/mol. The smallest absolute Gasteiger partial charge is 0.410 e. The Labute approximate surface area is 127 Å². The highest BCUT2D eigenvalue weighted by atomic mass is 16.6. The van der Waals surface area contributed by atoms with Gasteiger partial charge in [-0.05, 0) is 33.1 Å². The van der Waals surface area contributed by atoms with Gasteiger partial charge in [0.15, 0.2) is 0 Å². The number of likely N-dealkylation sites (tertiary alicyclic amines) is 1. The van der Waals surface area contributed by atoms with E-state index in [4.69, 9.17) is 14.2 Å². The van der Waals surface area contributed by atoms with Gasteiger partial charge in [0.2, 0.25) is 0 Å². The van der Waals surface area contributed by atoms with E-state index in [0.29, 0.717) is 19.0 Å². The number of carbonyl (C=O) groups excluding carboxylic acids is 1. The van der Waals surface area contributed by atoms with E-state index in [2.05, 4.69) is 5.32 Å². The Kier molecular flexibility index (Phi) is 5.46. The van der Waals surface area contributed by atoms with Crippen LogP contribution in [0.3, 0.4) is 0 Å². The van der Waals surface area contributed by atoms with Crippen LogP contribution in [0, 0.1) is 5.92 Å². The molecule has 1 amide bonds. The van der Waals surface area contributed by atoms with Crippen LogP contribution in [-0.2, 0) is 14.2 Å². The zero-order valence-corrected chi connectivity index (χ0v) is 13.6. The van der Waals surface area contributed by atoms with Crippen molar-refractivity contribution in [3.8, 4) is 0 Å². The van der Waals surface area contributed by atoms with Crippen LogP contribution < -0.4 is 5.32 Å². The molecule has 0 aliphatic carbocycles. The molecule has 2 fully saturated rings. The monoisotopic (exact) mass is 300 g/mol. The highest BCUT2D eigenvalue weighted by Crippen LogP contribution is 2.18. The van der Waals surface area contributed by atoms with Crippen molar-refractivity contribution < 1.29 is 19.0 Å². The van der Waals surface area contributed by atoms with Gasteiger partial charge in [-0.25, -0.2) is 4.79 Å². The van der Waals surface area contributed by atoms with E-state index in [9.17, 15) is 4.79 Å². The van der Waals surface area contributed by atoms with Crippen LogP contribution in [0.1, 0.15) is 27.2 Å². The number of rotatable bonds is 4. The van der Waals surface area contributed by atoms with Crippen molar-refractivity contribution in [2.75, 3.05) is 40.0 Å². The molecule has 0 aromatic heterocycles. The molecule has 0 aromatic rings. The minimum absolute atomic E-state index is 0.0137. The third-order valence-electron chi connectivity index (χ3n) is 3.91. The predicted molar refractivity (Wildman–Crippen MR) is 79.3 cm³/mol. The van der Waals surface area contributed by atoms with E-state index in [0.717, 1.165) is 26.2 Å². The maximum absolute atomic E-state index is 12.1. The largest absolute Gasteiger partial charge is 0.444 e. The Morgan fingerprint density at radius 3 is 2.71 bits per heavy atom. The summed E-state index contributed by atoms with van der Waals surface area (Å²) in [5.74, 6) is 0.568. The number of nitrogens with one attached hydrogen (secondary N) is 1. The number of ether oxygens (including phenoxy) is 3. The fourth-order valence-corrected chi connectivity index (χ4v) is 2.75. The summed E-state index contributed by atoms with van der Waals surface area (Å²) in [7, 11) is 1.69. The minimum Gasteiger partial charge on any atom is -0.444 e. The Bertz CT molecular complexity index is 350. The van der Waals surface area contributed by atoms with Crippen molar-refractivity contribution in [1.82, 2.24) is 10.2 Å². The average molecular weight is 300 g/mol. The zero-order chi connectivity index (χ0) is 15.5. The Hall–Kier alpha value is -0.850. The summed E-state index contributed by atoms with van der Waals surface area (Å²) in [6.45, 7) is 9.43. The quantitative estimate of drug-likeness (QED) is 0.846. The SMILES string of the molecule is CO[C@H]1CN(C(=O)OC(C)(C)C)CC1NCC1CCOC1. The first kappa shape index (κ1) is 16.5. The molecule has 0 aromatic carbocycles. The van der Waals surface area contributed by atoms with Gasteiger partial charge in [0, 0.05) is 26.8 Å². The van der Waals surface area contributed by atoms with E-state index in [1.807, 2.05) is 20.8 Å². The predicted octanol–water partition coefficient (Wildman–Crippen LogP) is 1.25. The van der Waals surface area contributed by atoms with E-state index in [1.54, 1.807) is 12.0 Å². The van der Waals surface area contributed by atoms with Crippen molar-refractivity contribution in [3.05, 3.63) is 0 Å². The van der Waals surface area contributed by atoms with Crippen LogP contribution in [0.15, 0.2) is 0 Å². The molecule has 2 aliphatic heterocycles. The van der Waals surface area contributed by atoms with Crippen LogP contribution >= 0.6 is 0 Å². The maximum Gasteiger partial charge on any atom is 0.410 e. The van der Waals surface area contributed by atoms with Gasteiger partial charge in [-0.1, -0.05) is 0 Å². The first-order valence-electron chi connectivity index (χ1n) is 7.71. The van der Waals surface area contributed by atoms with Crippen molar-refractivity contribution in [1.29, 1.82) is 0 Å². The van der Waals surface area contributed by atoms with Gasteiger partial charge in [-0.3, -0.25) is 0 Å². The van der Waals surface area contributed by atoms with Gasteiger partial charge in [0.1, 0.15) is 5.60 Å². The van der Waals surface area contributed by atoms with Gasteiger partial charge >= 0.3 is 6.09 Å². The first-order valence-corrected chi connectivity index (χ1v) is 7.71. The lowest BCUT2D eigenvalue weighted by atomic mass is 10.1. The molecule has 1 N–H and O–H groups in total. The molecule has 0 saturated carbocycles. The third kappa shape index (κ3) is 4.83. The first-order chi connectivity index (χ1) is 9.89. The second-order valence-corrected chi connectivity index (χ2v) is 6.90. The van der Waals surface area contributed by atoms with E-state index >= 15 is 0 Å². The van der Waals surface area contributed by atoms with Crippen molar-refractivity contribution in [2.24, 2.45) is 5.92 Å². The summed E-state index contributed by atoms with van der Waals surface area (Å²) in [4.78, 5) is 13.9. The van der Waals surface area contributed by atoms with E-state index in [1.165, 1.54) is 0 Å². The molecular formula is C15H28N2O4. The van der Waals surface area contributed by atoms with Crippen molar-refractivity contribution in [3.63, 3.8) is 0 Å². The fourth-order valence-electron chi connectivity index (χ4n) is 2.75. The number of hydrogen-bond donors (Lipinski definition) is 1. The molecule has 2 heterocycles. The second kappa shape index (κ2) is 6.94. The standard InChI is InChI=1S/C15H28N2O4/c1-15(2,3)21-14(18)17-8-12(13(9-17)19-4)16-7-11-5-6-20-10-11/h11-13,16H,5-10H2,1-4H3/t11?,12?,13-/m0/s1. The molecule has 2 saturated heterocycles. The molecule has 3 atom stereocenters. The molecule has 0 radical (unpaired) electrons. The molecule has 6 nitrogen and oxygen atoms in total. The number of amides is 1. The van der Waals surface area contributed by atoms with Gasteiger partial charge in [0.25, 0.3) is 0 Å². The lowest BCUT2D eigenvalue weighted by molar-refractivity contribution is 0.0252.